The highest BCUT2D eigenvalue weighted by atomic mass is 32.2. The fourth-order valence-electron chi connectivity index (χ4n) is 10.6. The Morgan fingerprint density at radius 3 is 2.47 bits per heavy atom. The van der Waals surface area contributed by atoms with Crippen LogP contribution in [0.1, 0.15) is 85.5 Å². The van der Waals surface area contributed by atoms with E-state index in [1.807, 2.05) is 4.72 Å². The van der Waals surface area contributed by atoms with Crippen molar-refractivity contribution in [3.63, 3.8) is 0 Å². The molecule has 0 aliphatic heterocycles. The highest BCUT2D eigenvalue weighted by Gasteiger charge is 2.64. The third-order valence-electron chi connectivity index (χ3n) is 12.7. The number of hydrogen-bond acceptors (Lipinski definition) is 6. The SMILES string of the molecule is CC[C@H]1[C@@H](O)[C@@H]2[C@H](CC[C@]3(C)[C@@H]([C@H](C)CCNC(=O)NS(=O)(=O)c4cc(F)cc(OC)c4)CC[C@@H]23)[C@@]2(C)CC[C@@H](O)C[C@@H]12. The normalized spacial score (nSPS) is 39.6. The van der Waals surface area contributed by atoms with Crippen molar-refractivity contribution in [3.8, 4) is 5.75 Å². The molecule has 0 bridgehead atoms. The van der Waals surface area contributed by atoms with Gasteiger partial charge in [-0.1, -0.05) is 34.1 Å². The Kier molecular flexibility index (Phi) is 9.16. The van der Waals surface area contributed by atoms with Gasteiger partial charge in [-0.05, 0) is 110 Å². The smallest absolute Gasteiger partial charge is 0.328 e. The zero-order valence-corrected chi connectivity index (χ0v) is 27.1. The van der Waals surface area contributed by atoms with E-state index in [2.05, 4.69) is 33.0 Å². The first kappa shape index (κ1) is 32.5. The summed E-state index contributed by atoms with van der Waals surface area (Å²) < 4.78 is 46.1. The lowest BCUT2D eigenvalue weighted by molar-refractivity contribution is -0.203. The van der Waals surface area contributed by atoms with Gasteiger partial charge in [0.1, 0.15) is 11.6 Å². The van der Waals surface area contributed by atoms with Crippen molar-refractivity contribution in [1.29, 1.82) is 0 Å². The number of halogens is 1. The van der Waals surface area contributed by atoms with Gasteiger partial charge >= 0.3 is 6.03 Å². The van der Waals surface area contributed by atoms with Crippen molar-refractivity contribution < 1.29 is 32.6 Å². The van der Waals surface area contributed by atoms with E-state index in [1.165, 1.54) is 7.11 Å². The number of hydrogen-bond donors (Lipinski definition) is 4. The molecule has 4 fully saturated rings. The van der Waals surface area contributed by atoms with Crippen LogP contribution in [-0.2, 0) is 10.0 Å². The number of aliphatic hydroxyl groups is 2. The van der Waals surface area contributed by atoms with Crippen molar-refractivity contribution in [2.75, 3.05) is 13.7 Å². The molecule has 4 aliphatic rings. The van der Waals surface area contributed by atoms with Crippen LogP contribution in [0.15, 0.2) is 23.1 Å². The van der Waals surface area contributed by atoms with Gasteiger partial charge in [0.25, 0.3) is 10.0 Å². The molecular weight excluding hydrogens is 571 g/mol. The Morgan fingerprint density at radius 2 is 1.77 bits per heavy atom. The number of carbonyl (C=O) groups excluding carboxylic acids is 1. The molecule has 11 atom stereocenters. The number of fused-ring (bicyclic) bond motifs is 5. The summed E-state index contributed by atoms with van der Waals surface area (Å²) in [5.74, 6) is 1.87. The van der Waals surface area contributed by atoms with Crippen LogP contribution in [0.3, 0.4) is 0 Å². The van der Waals surface area contributed by atoms with Crippen LogP contribution in [0.25, 0.3) is 0 Å². The van der Waals surface area contributed by atoms with Gasteiger partial charge < -0.3 is 20.3 Å². The molecule has 8 nitrogen and oxygen atoms in total. The Bertz CT molecular complexity index is 1290. The lowest BCUT2D eigenvalue weighted by atomic mass is 9.41. The van der Waals surface area contributed by atoms with Crippen molar-refractivity contribution in [1.82, 2.24) is 10.0 Å². The second-order valence-corrected chi connectivity index (χ2v) is 16.3. The molecule has 10 heteroatoms. The first-order chi connectivity index (χ1) is 20.2. The molecule has 4 saturated carbocycles. The fourth-order valence-corrected chi connectivity index (χ4v) is 11.5. The van der Waals surface area contributed by atoms with E-state index in [4.69, 9.17) is 4.74 Å². The zero-order chi connectivity index (χ0) is 31.3. The standard InChI is InChI=1S/C33H51FN2O6S/c1-6-24-28-17-21(37)9-12-33(28,4)27-10-13-32(3)25(7-8-26(32)29(27)30(24)38)19(2)11-14-35-31(39)36-43(40,41)23-16-20(34)15-22(18-23)42-5/h15-16,18-19,21,24-30,37-38H,6-14,17H2,1-5H3,(H2,35,36,39)/t19-,21-,24-,25-,26+,27+,28+,29+,30-,32-,33-/m1/s1. The Morgan fingerprint density at radius 1 is 1.07 bits per heavy atom. The van der Waals surface area contributed by atoms with Gasteiger partial charge in [-0.3, -0.25) is 0 Å². The molecule has 1 aromatic carbocycles. The fraction of sp³-hybridized carbons (Fsp3) is 0.788. The van der Waals surface area contributed by atoms with Gasteiger partial charge in [0, 0.05) is 18.7 Å². The largest absolute Gasteiger partial charge is 0.497 e. The third kappa shape index (κ3) is 5.81. The molecule has 43 heavy (non-hydrogen) atoms. The molecule has 1 aromatic rings. The maximum Gasteiger partial charge on any atom is 0.328 e. The number of sulfonamides is 1. The minimum atomic E-state index is -4.27. The summed E-state index contributed by atoms with van der Waals surface area (Å²) in [5.41, 5.74) is 0.280. The predicted molar refractivity (Wildman–Crippen MR) is 162 cm³/mol. The number of carbonyl (C=O) groups is 1. The van der Waals surface area contributed by atoms with E-state index in [9.17, 15) is 27.8 Å². The molecule has 0 saturated heterocycles. The number of urea groups is 1. The highest BCUT2D eigenvalue weighted by molar-refractivity contribution is 7.90. The average Bonchev–Trinajstić information content (AvgIpc) is 3.30. The summed E-state index contributed by atoms with van der Waals surface area (Å²) in [6.45, 7) is 9.62. The lowest BCUT2D eigenvalue weighted by Gasteiger charge is -2.64. The Hall–Kier alpha value is -1.91. The van der Waals surface area contributed by atoms with Gasteiger partial charge in [-0.15, -0.1) is 0 Å². The zero-order valence-electron chi connectivity index (χ0n) is 26.3. The second-order valence-electron chi connectivity index (χ2n) is 14.6. The number of amides is 2. The molecule has 242 valence electrons. The molecule has 0 radical (unpaired) electrons. The van der Waals surface area contributed by atoms with Gasteiger partial charge in [0.05, 0.1) is 24.2 Å². The minimum Gasteiger partial charge on any atom is -0.497 e. The lowest BCUT2D eigenvalue weighted by Crippen LogP contribution is -2.62. The van der Waals surface area contributed by atoms with Gasteiger partial charge in [-0.25, -0.2) is 22.3 Å². The molecule has 4 aliphatic carbocycles. The van der Waals surface area contributed by atoms with Crippen molar-refractivity contribution in [2.45, 2.75) is 103 Å². The van der Waals surface area contributed by atoms with E-state index in [0.29, 0.717) is 42.6 Å². The Labute approximate surface area is 256 Å². The van der Waals surface area contributed by atoms with E-state index < -0.39 is 21.9 Å². The summed E-state index contributed by atoms with van der Waals surface area (Å²) >= 11 is 0. The number of aliphatic hydroxyl groups excluding tert-OH is 2. The molecule has 5 rings (SSSR count). The van der Waals surface area contributed by atoms with Gasteiger partial charge in [-0.2, -0.15) is 0 Å². The quantitative estimate of drug-likeness (QED) is 0.305. The highest BCUT2D eigenvalue weighted by Crippen LogP contribution is 2.69. The van der Waals surface area contributed by atoms with Crippen LogP contribution in [0.2, 0.25) is 0 Å². The van der Waals surface area contributed by atoms with Crippen molar-refractivity contribution in [3.05, 3.63) is 24.0 Å². The maximum absolute atomic E-state index is 13.8. The van der Waals surface area contributed by atoms with Gasteiger partial charge in [0.15, 0.2) is 0 Å². The molecule has 0 spiro atoms. The van der Waals surface area contributed by atoms with Crippen LogP contribution in [0.4, 0.5) is 9.18 Å². The molecule has 0 unspecified atom stereocenters. The molecule has 0 aromatic heterocycles. The maximum atomic E-state index is 13.8. The van der Waals surface area contributed by atoms with E-state index in [-0.39, 0.29) is 45.5 Å². The van der Waals surface area contributed by atoms with E-state index in [0.717, 1.165) is 69.6 Å². The second kappa shape index (κ2) is 12.1. The number of methoxy groups -OCH3 is 1. The van der Waals surface area contributed by atoms with Crippen LogP contribution >= 0.6 is 0 Å². The number of ether oxygens (including phenoxy) is 1. The van der Waals surface area contributed by atoms with Crippen LogP contribution in [0, 0.1) is 58.1 Å². The predicted octanol–water partition coefficient (Wildman–Crippen LogP) is 5.48. The Balaban J connectivity index is 1.21. The molecule has 2 amide bonds. The summed E-state index contributed by atoms with van der Waals surface area (Å²) in [7, 11) is -2.96. The summed E-state index contributed by atoms with van der Waals surface area (Å²) in [6.07, 6.45) is 8.23. The van der Waals surface area contributed by atoms with Crippen LogP contribution in [-0.4, -0.2) is 50.5 Å². The third-order valence-corrected chi connectivity index (χ3v) is 14.0. The van der Waals surface area contributed by atoms with E-state index in [1.54, 1.807) is 0 Å². The number of benzene rings is 1. The molecule has 4 N–H and O–H groups in total. The number of nitrogens with one attached hydrogen (secondary N) is 2. The molecule has 0 heterocycles. The van der Waals surface area contributed by atoms with Crippen molar-refractivity contribution in [2.24, 2.45) is 52.3 Å². The monoisotopic (exact) mass is 622 g/mol. The minimum absolute atomic E-state index is 0.0458. The van der Waals surface area contributed by atoms with Crippen molar-refractivity contribution >= 4 is 16.1 Å². The summed E-state index contributed by atoms with van der Waals surface area (Å²) in [5, 5.41) is 25.1. The topological polar surface area (TPSA) is 125 Å². The first-order valence-corrected chi connectivity index (χ1v) is 17.7. The van der Waals surface area contributed by atoms with Crippen LogP contribution < -0.4 is 14.8 Å². The number of rotatable bonds is 8. The summed E-state index contributed by atoms with van der Waals surface area (Å²) in [6, 6.07) is 2.23. The van der Waals surface area contributed by atoms with Crippen LogP contribution in [0.5, 0.6) is 5.75 Å². The average molecular weight is 623 g/mol. The van der Waals surface area contributed by atoms with E-state index >= 15 is 0 Å². The first-order valence-electron chi connectivity index (χ1n) is 16.3. The van der Waals surface area contributed by atoms with Gasteiger partial charge in [0.2, 0.25) is 0 Å². The molecular formula is C33H51FN2O6S. The summed E-state index contributed by atoms with van der Waals surface area (Å²) in [4.78, 5) is 12.1.